The van der Waals surface area contributed by atoms with Crippen LogP contribution < -0.4 is 0 Å². The molecule has 1 aliphatic carbocycles. The Morgan fingerprint density at radius 3 is 2.86 bits per heavy atom. The largest absolute Gasteiger partial charge is 0.760 e. The van der Waals surface area contributed by atoms with Gasteiger partial charge in [0.1, 0.15) is 0 Å². The number of aromatic carboxylic acids is 1. The van der Waals surface area contributed by atoms with Crippen molar-refractivity contribution >= 4 is 17.2 Å². The van der Waals surface area contributed by atoms with Gasteiger partial charge < -0.3 is 9.66 Å². The Balaban J connectivity index is 2.17. The Hall–Kier alpha value is -1.24. The lowest BCUT2D eigenvalue weighted by Gasteiger charge is -2.36. The number of unbranched alkanes of at least 4 members (excludes halogenated alkanes) is 1. The second kappa shape index (κ2) is 7.15. The lowest BCUT2D eigenvalue weighted by atomic mass is 9.87. The van der Waals surface area contributed by atoms with Gasteiger partial charge in [-0.3, -0.25) is 4.21 Å². The van der Waals surface area contributed by atoms with E-state index < -0.39 is 17.2 Å². The second-order valence-corrected chi connectivity index (χ2v) is 6.30. The summed E-state index contributed by atoms with van der Waals surface area (Å²) in [6.45, 7) is 2.56. The molecule has 116 valence electrons. The molecule has 5 nitrogen and oxygen atoms in total. The van der Waals surface area contributed by atoms with E-state index in [1.165, 1.54) is 4.31 Å². The molecular formula is C15H20NO4S-. The van der Waals surface area contributed by atoms with Crippen LogP contribution in [0.15, 0.2) is 18.2 Å². The molecule has 2 atom stereocenters. The standard InChI is InChI=1S/C15H21NO4S/c1-2-3-8-16(21(19)20)14-7-6-11-4-5-12(15(17)18)9-13(11)10-14/h4-5,9,14H,2-3,6-8,10H2,1H3,(H,17,18)(H,19,20)/p-1. The van der Waals surface area contributed by atoms with Gasteiger partial charge in [-0.25, -0.2) is 9.10 Å². The molecule has 0 fully saturated rings. The SMILES string of the molecule is CCCCN(C1CCc2ccc(C(=O)O)cc2C1)S(=O)[O-]. The minimum Gasteiger partial charge on any atom is -0.760 e. The topological polar surface area (TPSA) is 80.7 Å². The fourth-order valence-electron chi connectivity index (χ4n) is 2.81. The van der Waals surface area contributed by atoms with E-state index in [4.69, 9.17) is 5.11 Å². The third-order valence-corrected chi connectivity index (χ3v) is 4.85. The maximum absolute atomic E-state index is 11.4. The number of fused-ring (bicyclic) bond motifs is 1. The predicted molar refractivity (Wildman–Crippen MR) is 79.7 cm³/mol. The van der Waals surface area contributed by atoms with E-state index in [0.717, 1.165) is 36.8 Å². The Labute approximate surface area is 127 Å². The predicted octanol–water partition coefficient (Wildman–Crippen LogP) is 2.14. The molecule has 2 unspecified atom stereocenters. The van der Waals surface area contributed by atoms with Crippen LogP contribution in [-0.4, -0.2) is 36.7 Å². The molecule has 0 heterocycles. The minimum atomic E-state index is -2.23. The lowest BCUT2D eigenvalue weighted by Crippen LogP contribution is -2.41. The highest BCUT2D eigenvalue weighted by Crippen LogP contribution is 2.26. The van der Waals surface area contributed by atoms with Gasteiger partial charge in [-0.05, 0) is 48.9 Å². The summed E-state index contributed by atoms with van der Waals surface area (Å²) in [6.07, 6.45) is 3.96. The van der Waals surface area contributed by atoms with Gasteiger partial charge >= 0.3 is 5.97 Å². The summed E-state index contributed by atoms with van der Waals surface area (Å²) in [5.74, 6) is -0.949. The van der Waals surface area contributed by atoms with E-state index in [0.29, 0.717) is 13.0 Å². The normalized spacial score (nSPS) is 19.3. The van der Waals surface area contributed by atoms with Crippen molar-refractivity contribution in [3.05, 3.63) is 34.9 Å². The van der Waals surface area contributed by atoms with Gasteiger partial charge in [0, 0.05) is 23.9 Å². The molecule has 1 aromatic carbocycles. The van der Waals surface area contributed by atoms with Gasteiger partial charge in [-0.2, -0.15) is 0 Å². The molecule has 6 heteroatoms. The Morgan fingerprint density at radius 1 is 1.48 bits per heavy atom. The van der Waals surface area contributed by atoms with Crippen LogP contribution in [0, 0.1) is 0 Å². The molecule has 0 saturated carbocycles. The van der Waals surface area contributed by atoms with Gasteiger partial charge in [-0.15, -0.1) is 0 Å². The molecule has 0 radical (unpaired) electrons. The summed E-state index contributed by atoms with van der Waals surface area (Å²) < 4.78 is 24.4. The average Bonchev–Trinajstić information content (AvgIpc) is 2.46. The maximum Gasteiger partial charge on any atom is 0.335 e. The Bertz CT molecular complexity index is 546. The zero-order valence-corrected chi connectivity index (χ0v) is 12.9. The third-order valence-electron chi connectivity index (χ3n) is 3.99. The summed E-state index contributed by atoms with van der Waals surface area (Å²) in [5.41, 5.74) is 2.35. The first-order valence-electron chi connectivity index (χ1n) is 7.24. The molecule has 0 spiro atoms. The van der Waals surface area contributed by atoms with Crippen molar-refractivity contribution in [1.82, 2.24) is 4.31 Å². The van der Waals surface area contributed by atoms with Crippen LogP contribution in [0.3, 0.4) is 0 Å². The summed E-state index contributed by atoms with van der Waals surface area (Å²) in [4.78, 5) is 11.0. The fourth-order valence-corrected chi connectivity index (χ4v) is 3.51. The molecule has 0 bridgehead atoms. The van der Waals surface area contributed by atoms with Gasteiger partial charge in [0.05, 0.1) is 5.56 Å². The summed E-state index contributed by atoms with van der Waals surface area (Å²) in [5, 5.41) is 9.06. The molecule has 1 aromatic rings. The van der Waals surface area contributed by atoms with Crippen molar-refractivity contribution in [2.75, 3.05) is 6.54 Å². The first kappa shape index (κ1) is 16.1. The van der Waals surface area contributed by atoms with Gasteiger partial charge in [0.25, 0.3) is 0 Å². The zero-order valence-electron chi connectivity index (χ0n) is 12.1. The van der Waals surface area contributed by atoms with Gasteiger partial charge in [-0.1, -0.05) is 19.4 Å². The van der Waals surface area contributed by atoms with Gasteiger partial charge in [0.15, 0.2) is 0 Å². The number of nitrogens with zero attached hydrogens (tertiary/aromatic N) is 1. The van der Waals surface area contributed by atoms with Crippen molar-refractivity contribution in [3.8, 4) is 0 Å². The average molecular weight is 310 g/mol. The molecule has 2 rings (SSSR count). The van der Waals surface area contributed by atoms with E-state index in [9.17, 15) is 13.6 Å². The van der Waals surface area contributed by atoms with Crippen LogP contribution in [0.5, 0.6) is 0 Å². The molecule has 0 aromatic heterocycles. The first-order valence-corrected chi connectivity index (χ1v) is 8.27. The number of rotatable bonds is 6. The lowest BCUT2D eigenvalue weighted by molar-refractivity contribution is 0.0696. The number of aryl methyl sites for hydroxylation is 1. The first-order chi connectivity index (χ1) is 10.0. The zero-order chi connectivity index (χ0) is 15.4. The van der Waals surface area contributed by atoms with Crippen molar-refractivity contribution < 1.29 is 18.7 Å². The number of carboxylic acid groups (broad SMARTS) is 1. The number of benzene rings is 1. The van der Waals surface area contributed by atoms with Crippen molar-refractivity contribution in [2.45, 2.75) is 45.1 Å². The molecule has 0 saturated heterocycles. The summed E-state index contributed by atoms with van der Waals surface area (Å²) in [7, 11) is 0. The van der Waals surface area contributed by atoms with Crippen LogP contribution in [0.1, 0.15) is 47.7 Å². The van der Waals surface area contributed by atoms with E-state index in [-0.39, 0.29) is 11.6 Å². The smallest absolute Gasteiger partial charge is 0.335 e. The van der Waals surface area contributed by atoms with E-state index in [1.54, 1.807) is 12.1 Å². The number of carboxylic acids is 1. The van der Waals surface area contributed by atoms with Gasteiger partial charge in [0.2, 0.25) is 0 Å². The second-order valence-electron chi connectivity index (χ2n) is 5.40. The number of hydrogen-bond donors (Lipinski definition) is 1. The van der Waals surface area contributed by atoms with Crippen molar-refractivity contribution in [2.24, 2.45) is 0 Å². The minimum absolute atomic E-state index is 0.0635. The molecular weight excluding hydrogens is 290 g/mol. The summed E-state index contributed by atoms with van der Waals surface area (Å²) >= 11 is -2.23. The Kier molecular flexibility index (Phi) is 5.50. The van der Waals surface area contributed by atoms with Crippen molar-refractivity contribution in [1.29, 1.82) is 0 Å². The van der Waals surface area contributed by atoms with Crippen LogP contribution in [0.4, 0.5) is 0 Å². The third kappa shape index (κ3) is 3.90. The monoisotopic (exact) mass is 310 g/mol. The van der Waals surface area contributed by atoms with E-state index in [1.807, 2.05) is 13.0 Å². The summed E-state index contributed by atoms with van der Waals surface area (Å²) in [6, 6.07) is 5.07. The highest BCUT2D eigenvalue weighted by atomic mass is 32.2. The van der Waals surface area contributed by atoms with E-state index in [2.05, 4.69) is 0 Å². The highest BCUT2D eigenvalue weighted by molar-refractivity contribution is 7.76. The fraction of sp³-hybridized carbons (Fsp3) is 0.533. The van der Waals surface area contributed by atoms with Crippen LogP contribution in [-0.2, 0) is 24.1 Å². The van der Waals surface area contributed by atoms with Crippen LogP contribution in [0.2, 0.25) is 0 Å². The molecule has 21 heavy (non-hydrogen) atoms. The molecule has 0 aliphatic heterocycles. The molecule has 1 aliphatic rings. The van der Waals surface area contributed by atoms with Crippen LogP contribution >= 0.6 is 0 Å². The van der Waals surface area contributed by atoms with Crippen LogP contribution in [0.25, 0.3) is 0 Å². The maximum atomic E-state index is 11.4. The highest BCUT2D eigenvalue weighted by Gasteiger charge is 2.25. The molecule has 1 N–H and O–H groups in total. The Morgan fingerprint density at radius 2 is 2.24 bits per heavy atom. The quantitative estimate of drug-likeness (QED) is 0.816. The number of carbonyl (C=O) groups is 1. The number of hydrogen-bond acceptors (Lipinski definition) is 3. The molecule has 0 amide bonds. The van der Waals surface area contributed by atoms with E-state index >= 15 is 0 Å². The van der Waals surface area contributed by atoms with Crippen molar-refractivity contribution in [3.63, 3.8) is 0 Å².